The summed E-state index contributed by atoms with van der Waals surface area (Å²) in [6.07, 6.45) is 5.26. The van der Waals surface area contributed by atoms with Crippen LogP contribution >= 0.6 is 11.6 Å². The van der Waals surface area contributed by atoms with Crippen molar-refractivity contribution in [3.05, 3.63) is 12.2 Å². The predicted octanol–water partition coefficient (Wildman–Crippen LogP) is 1.50. The second kappa shape index (κ2) is 6.46. The quantitative estimate of drug-likeness (QED) is 0.493. The zero-order chi connectivity index (χ0) is 8.65. The summed E-state index contributed by atoms with van der Waals surface area (Å²) >= 11 is 5.52. The van der Waals surface area contributed by atoms with Gasteiger partial charge in [0.2, 0.25) is 0 Å². The molecule has 1 fully saturated rings. The maximum atomic E-state index is 5.52. The van der Waals surface area contributed by atoms with Gasteiger partial charge in [-0.15, -0.1) is 11.6 Å². The van der Waals surface area contributed by atoms with Crippen molar-refractivity contribution in [2.24, 2.45) is 0 Å². The van der Waals surface area contributed by atoms with Crippen molar-refractivity contribution in [1.82, 2.24) is 4.90 Å². The largest absolute Gasteiger partial charge is 0.380 e. The van der Waals surface area contributed by atoms with Gasteiger partial charge in [-0.05, 0) is 6.42 Å². The number of allylic oxidation sites excluding steroid dienone is 1. The molecule has 1 aliphatic rings. The third kappa shape index (κ3) is 4.10. The summed E-state index contributed by atoms with van der Waals surface area (Å²) < 4.78 is 5.34. The molecule has 2 nitrogen and oxygen atoms in total. The number of hydrogen-bond acceptors (Lipinski definition) is 2. The summed E-state index contributed by atoms with van der Waals surface area (Å²) in [5.74, 6) is 0.615. The van der Waals surface area contributed by atoms with E-state index in [9.17, 15) is 0 Å². The predicted molar refractivity (Wildman–Crippen MR) is 51.7 cm³/mol. The van der Waals surface area contributed by atoms with Gasteiger partial charge < -0.3 is 4.74 Å². The van der Waals surface area contributed by atoms with Crippen molar-refractivity contribution >= 4 is 11.6 Å². The van der Waals surface area contributed by atoms with Gasteiger partial charge in [0.05, 0.1) is 6.61 Å². The minimum atomic E-state index is 0.615. The highest BCUT2D eigenvalue weighted by Gasteiger charge is 2.06. The third-order valence-corrected chi connectivity index (χ3v) is 2.11. The van der Waals surface area contributed by atoms with Gasteiger partial charge in [0, 0.05) is 32.1 Å². The molecule has 0 radical (unpaired) electrons. The van der Waals surface area contributed by atoms with Crippen molar-refractivity contribution < 1.29 is 4.74 Å². The van der Waals surface area contributed by atoms with E-state index in [0.717, 1.165) is 39.3 Å². The smallest absolute Gasteiger partial charge is 0.0593 e. The zero-order valence-electron chi connectivity index (χ0n) is 7.34. The van der Waals surface area contributed by atoms with Gasteiger partial charge in [0.1, 0.15) is 0 Å². The number of rotatable bonds is 3. The van der Waals surface area contributed by atoms with E-state index in [4.69, 9.17) is 16.3 Å². The minimum Gasteiger partial charge on any atom is -0.380 e. The van der Waals surface area contributed by atoms with Crippen LogP contribution in [-0.4, -0.2) is 43.6 Å². The highest BCUT2D eigenvalue weighted by Crippen LogP contribution is 1.98. The fourth-order valence-electron chi connectivity index (χ4n) is 1.27. The van der Waals surface area contributed by atoms with Crippen LogP contribution in [0.15, 0.2) is 12.2 Å². The maximum absolute atomic E-state index is 5.52. The Labute approximate surface area is 79.1 Å². The van der Waals surface area contributed by atoms with Gasteiger partial charge in [-0.2, -0.15) is 0 Å². The molecule has 1 aliphatic heterocycles. The summed E-state index contributed by atoms with van der Waals surface area (Å²) in [6, 6.07) is 0. The van der Waals surface area contributed by atoms with Crippen molar-refractivity contribution in [2.45, 2.75) is 6.42 Å². The molecule has 0 aromatic rings. The molecule has 0 aromatic carbocycles. The molecular formula is C9H16ClNO. The Hall–Kier alpha value is -0.0500. The first kappa shape index (κ1) is 10.0. The van der Waals surface area contributed by atoms with E-state index in [2.05, 4.69) is 11.0 Å². The first-order valence-electron chi connectivity index (χ1n) is 4.44. The van der Waals surface area contributed by atoms with E-state index in [-0.39, 0.29) is 0 Å². The molecule has 12 heavy (non-hydrogen) atoms. The summed E-state index contributed by atoms with van der Waals surface area (Å²) in [6.45, 7) is 4.99. The summed E-state index contributed by atoms with van der Waals surface area (Å²) in [4.78, 5) is 2.38. The SMILES string of the molecule is ClCC=CCN1CCCOCC1. The summed E-state index contributed by atoms with van der Waals surface area (Å²) in [7, 11) is 0. The van der Waals surface area contributed by atoms with Crippen LogP contribution in [0.5, 0.6) is 0 Å². The number of hydrogen-bond donors (Lipinski definition) is 0. The van der Waals surface area contributed by atoms with Crippen LogP contribution in [-0.2, 0) is 4.74 Å². The highest BCUT2D eigenvalue weighted by molar-refractivity contribution is 6.18. The molecule has 0 unspecified atom stereocenters. The van der Waals surface area contributed by atoms with Gasteiger partial charge in [0.25, 0.3) is 0 Å². The van der Waals surface area contributed by atoms with Gasteiger partial charge in [-0.3, -0.25) is 4.90 Å². The van der Waals surface area contributed by atoms with Crippen LogP contribution in [0.4, 0.5) is 0 Å². The second-order valence-corrected chi connectivity index (χ2v) is 3.20. The second-order valence-electron chi connectivity index (χ2n) is 2.89. The van der Waals surface area contributed by atoms with Gasteiger partial charge in [-0.1, -0.05) is 12.2 Å². The highest BCUT2D eigenvalue weighted by atomic mass is 35.5. The molecule has 1 rings (SSSR count). The van der Waals surface area contributed by atoms with Crippen LogP contribution in [0.2, 0.25) is 0 Å². The zero-order valence-corrected chi connectivity index (χ0v) is 8.09. The normalized spacial score (nSPS) is 21.4. The van der Waals surface area contributed by atoms with Crippen molar-refractivity contribution in [3.8, 4) is 0 Å². The molecule has 0 aromatic heterocycles. The Morgan fingerprint density at radius 1 is 1.25 bits per heavy atom. The Balaban J connectivity index is 2.16. The topological polar surface area (TPSA) is 12.5 Å². The van der Waals surface area contributed by atoms with Crippen molar-refractivity contribution in [1.29, 1.82) is 0 Å². The fraction of sp³-hybridized carbons (Fsp3) is 0.778. The maximum Gasteiger partial charge on any atom is 0.0593 e. The Kier molecular flexibility index (Phi) is 5.41. The average Bonchev–Trinajstić information content (AvgIpc) is 2.33. The first-order chi connectivity index (χ1) is 5.93. The molecule has 0 N–H and O–H groups in total. The van der Waals surface area contributed by atoms with Crippen LogP contribution in [0.25, 0.3) is 0 Å². The molecule has 0 amide bonds. The Morgan fingerprint density at radius 3 is 3.00 bits per heavy atom. The lowest BCUT2D eigenvalue weighted by molar-refractivity contribution is 0.143. The minimum absolute atomic E-state index is 0.615. The van der Waals surface area contributed by atoms with Crippen LogP contribution in [0.3, 0.4) is 0 Å². The summed E-state index contributed by atoms with van der Waals surface area (Å²) in [5, 5.41) is 0. The van der Waals surface area contributed by atoms with E-state index < -0.39 is 0 Å². The van der Waals surface area contributed by atoms with Gasteiger partial charge >= 0.3 is 0 Å². The number of ether oxygens (including phenoxy) is 1. The molecule has 1 saturated heterocycles. The fourth-order valence-corrected chi connectivity index (χ4v) is 1.39. The van der Waals surface area contributed by atoms with Gasteiger partial charge in [-0.25, -0.2) is 0 Å². The number of alkyl halides is 1. The van der Waals surface area contributed by atoms with Crippen LogP contribution in [0.1, 0.15) is 6.42 Å². The molecule has 0 bridgehead atoms. The van der Waals surface area contributed by atoms with Crippen molar-refractivity contribution in [3.63, 3.8) is 0 Å². The first-order valence-corrected chi connectivity index (χ1v) is 4.98. The van der Waals surface area contributed by atoms with E-state index in [1.807, 2.05) is 6.08 Å². The standard InChI is InChI=1S/C9H16ClNO/c10-4-1-2-5-11-6-3-8-12-9-7-11/h1-2H,3-9H2. The van der Waals surface area contributed by atoms with E-state index in [1.54, 1.807) is 0 Å². The van der Waals surface area contributed by atoms with Crippen LogP contribution in [0, 0.1) is 0 Å². The molecule has 3 heteroatoms. The Morgan fingerprint density at radius 2 is 2.17 bits per heavy atom. The van der Waals surface area contributed by atoms with Crippen LogP contribution < -0.4 is 0 Å². The lowest BCUT2D eigenvalue weighted by atomic mass is 10.4. The third-order valence-electron chi connectivity index (χ3n) is 1.93. The summed E-state index contributed by atoms with van der Waals surface area (Å²) in [5.41, 5.74) is 0. The molecule has 70 valence electrons. The molecule has 0 spiro atoms. The number of halogens is 1. The Bertz CT molecular complexity index is 130. The molecule has 1 heterocycles. The van der Waals surface area contributed by atoms with Gasteiger partial charge in [0.15, 0.2) is 0 Å². The lowest BCUT2D eigenvalue weighted by Crippen LogP contribution is -2.26. The molecule has 0 atom stereocenters. The molecular weight excluding hydrogens is 174 g/mol. The monoisotopic (exact) mass is 189 g/mol. The van der Waals surface area contributed by atoms with E-state index in [0.29, 0.717) is 5.88 Å². The van der Waals surface area contributed by atoms with E-state index >= 15 is 0 Å². The van der Waals surface area contributed by atoms with E-state index in [1.165, 1.54) is 0 Å². The molecule has 0 aliphatic carbocycles. The van der Waals surface area contributed by atoms with Crippen molar-refractivity contribution in [2.75, 3.05) is 38.7 Å². The number of nitrogens with zero attached hydrogens (tertiary/aromatic N) is 1. The molecule has 0 saturated carbocycles. The average molecular weight is 190 g/mol. The lowest BCUT2D eigenvalue weighted by Gasteiger charge is -2.15.